The normalized spacial score (nSPS) is 13.4. The molecule has 3 N–H and O–H groups in total. The molecule has 0 spiro atoms. The molecule has 1 heterocycles. The summed E-state index contributed by atoms with van der Waals surface area (Å²) in [6.07, 6.45) is 1.90. The maximum Gasteiger partial charge on any atom is 0.305 e. The van der Waals surface area contributed by atoms with Crippen molar-refractivity contribution in [3.63, 3.8) is 0 Å². The number of carbonyl (C=O) groups is 3. The van der Waals surface area contributed by atoms with E-state index in [2.05, 4.69) is 21.4 Å². The van der Waals surface area contributed by atoms with Gasteiger partial charge >= 0.3 is 5.91 Å². The van der Waals surface area contributed by atoms with E-state index in [1.165, 1.54) is 6.07 Å². The molecule has 10 nitrogen and oxygen atoms in total. The topological polar surface area (TPSA) is 131 Å². The van der Waals surface area contributed by atoms with E-state index in [4.69, 9.17) is 37.1 Å². The van der Waals surface area contributed by atoms with Crippen LogP contribution in [0.15, 0.2) is 58.0 Å². The molecule has 3 aromatic rings. The SMILES string of the molecule is Cc1c(C(=O)NNC(=O)COc2ccccc2)oc2c1/C(=N/NC(=O)COc1ccc(Cl)cc1Cl)CCC2. The number of hydrogen-bond donors (Lipinski definition) is 3. The molecule has 1 aliphatic carbocycles. The molecule has 198 valence electrons. The number of rotatable bonds is 8. The number of hydrazone groups is 1. The number of amides is 3. The fourth-order valence-electron chi connectivity index (χ4n) is 3.78. The van der Waals surface area contributed by atoms with Crippen LogP contribution in [0.2, 0.25) is 10.0 Å². The molecular formula is C26H24Cl2N4O6. The Morgan fingerprint density at radius 3 is 2.50 bits per heavy atom. The van der Waals surface area contributed by atoms with Crippen LogP contribution >= 0.6 is 23.2 Å². The third-order valence-corrected chi connectivity index (χ3v) is 6.06. The van der Waals surface area contributed by atoms with E-state index in [0.29, 0.717) is 52.0 Å². The summed E-state index contributed by atoms with van der Waals surface area (Å²) in [6.45, 7) is 1.13. The quantitative estimate of drug-likeness (QED) is 0.358. The van der Waals surface area contributed by atoms with Gasteiger partial charge in [0.15, 0.2) is 19.0 Å². The van der Waals surface area contributed by atoms with Crippen molar-refractivity contribution in [3.8, 4) is 11.5 Å². The van der Waals surface area contributed by atoms with Gasteiger partial charge in [0, 0.05) is 22.6 Å². The van der Waals surface area contributed by atoms with E-state index < -0.39 is 17.7 Å². The summed E-state index contributed by atoms with van der Waals surface area (Å²) in [5.41, 5.74) is 8.88. The fraction of sp³-hybridized carbons (Fsp3) is 0.231. The molecule has 0 saturated heterocycles. The van der Waals surface area contributed by atoms with Crippen LogP contribution in [0.3, 0.4) is 0 Å². The van der Waals surface area contributed by atoms with Gasteiger partial charge in [-0.25, -0.2) is 5.43 Å². The molecular weight excluding hydrogens is 535 g/mol. The standard InChI is InChI=1S/C26H24Cl2N4O6/c1-15-24-19(29-30-23(34)14-37-20-11-10-16(27)12-18(20)28)8-5-9-21(24)38-25(15)26(35)32-31-22(33)13-36-17-6-3-2-4-7-17/h2-4,6-7,10-12H,5,8-9,13-14H2,1H3,(H,30,34)(H,31,33)(H,32,35)/b29-19+. The minimum atomic E-state index is -0.624. The third kappa shape index (κ3) is 6.84. The number of fused-ring (bicyclic) bond motifs is 1. The molecule has 12 heteroatoms. The van der Waals surface area contributed by atoms with Crippen molar-refractivity contribution >= 4 is 46.6 Å². The van der Waals surface area contributed by atoms with Crippen LogP contribution in [-0.4, -0.2) is 36.6 Å². The van der Waals surface area contributed by atoms with Crippen molar-refractivity contribution in [2.24, 2.45) is 5.10 Å². The maximum atomic E-state index is 12.7. The van der Waals surface area contributed by atoms with E-state index in [1.807, 2.05) is 6.07 Å². The van der Waals surface area contributed by atoms with Gasteiger partial charge in [0.1, 0.15) is 17.3 Å². The summed E-state index contributed by atoms with van der Waals surface area (Å²) in [6, 6.07) is 13.5. The van der Waals surface area contributed by atoms with E-state index in [0.717, 1.165) is 6.42 Å². The largest absolute Gasteiger partial charge is 0.484 e. The zero-order chi connectivity index (χ0) is 27.1. The molecule has 0 aliphatic heterocycles. The van der Waals surface area contributed by atoms with Gasteiger partial charge in [-0.15, -0.1) is 0 Å². The molecule has 38 heavy (non-hydrogen) atoms. The Labute approximate surface area is 228 Å². The minimum Gasteiger partial charge on any atom is -0.484 e. The molecule has 0 atom stereocenters. The summed E-state index contributed by atoms with van der Waals surface area (Å²) in [7, 11) is 0. The highest BCUT2D eigenvalue weighted by Crippen LogP contribution is 2.30. The second-order valence-electron chi connectivity index (χ2n) is 8.27. The number of ether oxygens (including phenoxy) is 2. The van der Waals surface area contributed by atoms with Gasteiger partial charge in [0.25, 0.3) is 11.8 Å². The zero-order valence-corrected chi connectivity index (χ0v) is 21.8. The van der Waals surface area contributed by atoms with Crippen LogP contribution in [0, 0.1) is 6.92 Å². The van der Waals surface area contributed by atoms with E-state index in [1.54, 1.807) is 43.3 Å². The first-order valence-electron chi connectivity index (χ1n) is 11.6. The number of nitrogens with zero attached hydrogens (tertiary/aromatic N) is 1. The molecule has 1 aliphatic rings. The predicted octanol–water partition coefficient (Wildman–Crippen LogP) is 3.97. The first-order valence-corrected chi connectivity index (χ1v) is 12.4. The number of carbonyl (C=O) groups excluding carboxylic acids is 3. The van der Waals surface area contributed by atoms with Crippen molar-refractivity contribution in [1.82, 2.24) is 16.3 Å². The van der Waals surface area contributed by atoms with Crippen molar-refractivity contribution < 1.29 is 28.3 Å². The highest BCUT2D eigenvalue weighted by Gasteiger charge is 2.28. The number of aryl methyl sites for hydroxylation is 1. The monoisotopic (exact) mass is 558 g/mol. The lowest BCUT2D eigenvalue weighted by atomic mass is 9.93. The first-order chi connectivity index (χ1) is 18.3. The number of nitrogens with one attached hydrogen (secondary N) is 3. The lowest BCUT2D eigenvalue weighted by molar-refractivity contribution is -0.124. The summed E-state index contributed by atoms with van der Waals surface area (Å²) >= 11 is 11.9. The Morgan fingerprint density at radius 2 is 1.74 bits per heavy atom. The van der Waals surface area contributed by atoms with E-state index in [9.17, 15) is 14.4 Å². The van der Waals surface area contributed by atoms with E-state index >= 15 is 0 Å². The summed E-state index contributed by atoms with van der Waals surface area (Å²) < 4.78 is 16.6. The second kappa shape index (κ2) is 12.5. The number of hydrogen-bond acceptors (Lipinski definition) is 7. The summed E-state index contributed by atoms with van der Waals surface area (Å²) in [5, 5.41) is 4.98. The van der Waals surface area contributed by atoms with Crippen molar-refractivity contribution in [1.29, 1.82) is 0 Å². The lowest BCUT2D eigenvalue weighted by Gasteiger charge is -2.13. The van der Waals surface area contributed by atoms with Crippen LogP contribution in [0.5, 0.6) is 11.5 Å². The van der Waals surface area contributed by atoms with Crippen LogP contribution in [0.4, 0.5) is 0 Å². The molecule has 3 amide bonds. The van der Waals surface area contributed by atoms with Crippen molar-refractivity contribution in [2.45, 2.75) is 26.2 Å². The second-order valence-corrected chi connectivity index (χ2v) is 9.11. The molecule has 4 rings (SSSR count). The maximum absolute atomic E-state index is 12.7. The average Bonchev–Trinajstić information content (AvgIpc) is 3.26. The third-order valence-electron chi connectivity index (χ3n) is 5.53. The van der Waals surface area contributed by atoms with Gasteiger partial charge in [-0.2, -0.15) is 5.10 Å². The number of furan rings is 1. The lowest BCUT2D eigenvalue weighted by Crippen LogP contribution is -2.43. The summed E-state index contributed by atoms with van der Waals surface area (Å²) in [5.74, 6) is -0.183. The number of para-hydroxylation sites is 1. The number of hydrazine groups is 1. The molecule has 2 aromatic carbocycles. The Balaban J connectivity index is 1.34. The fourth-order valence-corrected chi connectivity index (χ4v) is 4.24. The Morgan fingerprint density at radius 1 is 0.974 bits per heavy atom. The Kier molecular flexibility index (Phi) is 8.88. The van der Waals surface area contributed by atoms with Crippen LogP contribution in [-0.2, 0) is 16.0 Å². The molecule has 0 fully saturated rings. The van der Waals surface area contributed by atoms with Gasteiger partial charge in [-0.05, 0) is 50.1 Å². The molecule has 1 aromatic heterocycles. The van der Waals surface area contributed by atoms with Crippen LogP contribution in [0.1, 0.15) is 40.3 Å². The molecule has 0 radical (unpaired) electrons. The Bertz CT molecular complexity index is 1370. The molecule has 0 unspecified atom stereocenters. The van der Waals surface area contributed by atoms with E-state index in [-0.39, 0.29) is 24.0 Å². The van der Waals surface area contributed by atoms with Gasteiger partial charge in [0.2, 0.25) is 0 Å². The smallest absolute Gasteiger partial charge is 0.305 e. The van der Waals surface area contributed by atoms with Gasteiger partial charge in [-0.3, -0.25) is 25.2 Å². The average molecular weight is 559 g/mol. The van der Waals surface area contributed by atoms with Crippen LogP contribution in [0.25, 0.3) is 0 Å². The Hall–Kier alpha value is -4.02. The highest BCUT2D eigenvalue weighted by molar-refractivity contribution is 6.35. The zero-order valence-electron chi connectivity index (χ0n) is 20.3. The van der Waals surface area contributed by atoms with Crippen molar-refractivity contribution in [2.75, 3.05) is 13.2 Å². The minimum absolute atomic E-state index is 0.0425. The number of benzene rings is 2. The van der Waals surface area contributed by atoms with Crippen molar-refractivity contribution in [3.05, 3.63) is 81.2 Å². The van der Waals surface area contributed by atoms with Crippen LogP contribution < -0.4 is 25.8 Å². The van der Waals surface area contributed by atoms with Gasteiger partial charge in [-0.1, -0.05) is 41.4 Å². The highest BCUT2D eigenvalue weighted by atomic mass is 35.5. The number of halogens is 2. The molecule has 0 bridgehead atoms. The first kappa shape index (κ1) is 27.0. The predicted molar refractivity (Wildman–Crippen MR) is 141 cm³/mol. The van der Waals surface area contributed by atoms with Gasteiger partial charge < -0.3 is 13.9 Å². The van der Waals surface area contributed by atoms with Gasteiger partial charge in [0.05, 0.1) is 10.7 Å². The summed E-state index contributed by atoms with van der Waals surface area (Å²) in [4.78, 5) is 37.0. The molecule has 0 saturated carbocycles.